The molecule has 0 N–H and O–H groups in total. The van der Waals surface area contributed by atoms with Gasteiger partial charge in [-0.3, -0.25) is 4.79 Å². The zero-order chi connectivity index (χ0) is 29.0. The Morgan fingerprint density at radius 2 is 1.12 bits per heavy atom. The number of thioether (sulfide) groups is 1. The molecule has 1 aromatic heterocycles. The van der Waals surface area contributed by atoms with E-state index >= 15 is 0 Å². The van der Waals surface area contributed by atoms with Gasteiger partial charge in [-0.1, -0.05) is 122 Å². The fourth-order valence-corrected chi connectivity index (χ4v) is 8.84. The summed E-state index contributed by atoms with van der Waals surface area (Å²) in [5, 5.41) is 16.1. The van der Waals surface area contributed by atoms with Gasteiger partial charge in [0.05, 0.1) is 0 Å². The van der Waals surface area contributed by atoms with E-state index in [1.165, 1.54) is 49.5 Å². The monoisotopic (exact) mass is 698 g/mol. The summed E-state index contributed by atoms with van der Waals surface area (Å²) < 4.78 is 8.80. The first-order valence-corrected chi connectivity index (χ1v) is 16.4. The van der Waals surface area contributed by atoms with Crippen molar-refractivity contribution in [2.24, 2.45) is 0 Å². The average molecular weight is 700 g/mol. The Kier molecular flexibility index (Phi) is 5.53. The van der Waals surface area contributed by atoms with Crippen molar-refractivity contribution in [3.63, 3.8) is 0 Å². The van der Waals surface area contributed by atoms with Gasteiger partial charge in [-0.25, -0.2) is 0 Å². The number of benzene rings is 8. The van der Waals surface area contributed by atoms with E-state index in [9.17, 15) is 4.79 Å². The fourth-order valence-electron chi connectivity index (χ4n) is 6.96. The van der Waals surface area contributed by atoms with Crippen LogP contribution in [-0.2, 0) is 4.79 Å². The minimum absolute atomic E-state index is 0.0404. The van der Waals surface area contributed by atoms with Crippen LogP contribution in [0.25, 0.3) is 86.6 Å². The van der Waals surface area contributed by atoms with Crippen molar-refractivity contribution in [3.05, 3.63) is 112 Å². The molecule has 43 heavy (non-hydrogen) atoms. The largest absolute Gasteiger partial charge is 0.456 e. The second kappa shape index (κ2) is 9.30. The summed E-state index contributed by atoms with van der Waals surface area (Å²) in [5.41, 5.74) is 1.62. The van der Waals surface area contributed by atoms with Crippen LogP contribution in [0.4, 0.5) is 0 Å². The van der Waals surface area contributed by atoms with Crippen LogP contribution in [-0.4, -0.2) is 5.12 Å². The van der Waals surface area contributed by atoms with Crippen LogP contribution in [0.1, 0.15) is 6.92 Å². The van der Waals surface area contributed by atoms with Crippen LogP contribution in [0.2, 0.25) is 0 Å². The number of hydrogen-bond acceptors (Lipinski definition) is 3. The molecule has 5 heteroatoms. The van der Waals surface area contributed by atoms with Crippen molar-refractivity contribution in [3.8, 4) is 0 Å². The van der Waals surface area contributed by atoms with E-state index < -0.39 is 0 Å². The molecule has 0 radical (unpaired) electrons. The zero-order valence-electron chi connectivity index (χ0n) is 22.8. The number of carbonyl (C=O) groups is 1. The molecule has 2 nitrogen and oxygen atoms in total. The third kappa shape index (κ3) is 3.62. The highest BCUT2D eigenvalue weighted by Crippen LogP contribution is 2.49. The highest BCUT2D eigenvalue weighted by atomic mass is 79.9. The molecule has 0 saturated carbocycles. The molecule has 0 amide bonds. The molecule has 1 heterocycles. The number of fused-ring (bicyclic) bond motifs is 15. The molecule has 9 rings (SSSR count). The molecule has 0 bridgehead atoms. The number of rotatable bonds is 1. The second-order valence-corrected chi connectivity index (χ2v) is 14.0. The third-order valence-corrected chi connectivity index (χ3v) is 10.8. The van der Waals surface area contributed by atoms with Gasteiger partial charge in [-0.15, -0.1) is 0 Å². The maximum Gasteiger partial charge on any atom is 0.190 e. The Labute approximate surface area is 266 Å². The second-order valence-electron chi connectivity index (χ2n) is 11.0. The molecular formula is C38H20Br2O2S. The predicted octanol–water partition coefficient (Wildman–Crippen LogP) is 12.7. The first-order valence-electron chi connectivity index (χ1n) is 14.0. The van der Waals surface area contributed by atoms with Crippen molar-refractivity contribution < 1.29 is 9.21 Å². The smallest absolute Gasteiger partial charge is 0.190 e. The van der Waals surface area contributed by atoms with Gasteiger partial charge < -0.3 is 4.42 Å². The predicted molar refractivity (Wildman–Crippen MR) is 191 cm³/mol. The quantitative estimate of drug-likeness (QED) is 0.126. The fraction of sp³-hybridized carbons (Fsp3) is 0.0263. The molecule has 0 saturated heterocycles. The minimum Gasteiger partial charge on any atom is -0.456 e. The van der Waals surface area contributed by atoms with Crippen LogP contribution < -0.4 is 0 Å². The molecule has 0 atom stereocenters. The minimum atomic E-state index is 0.0404. The van der Waals surface area contributed by atoms with Gasteiger partial charge in [-0.05, 0) is 78.1 Å². The average Bonchev–Trinajstić information content (AvgIpc) is 3.38. The summed E-state index contributed by atoms with van der Waals surface area (Å²) in [7, 11) is 0. The van der Waals surface area contributed by atoms with Gasteiger partial charge in [0.2, 0.25) is 0 Å². The van der Waals surface area contributed by atoms with Gasteiger partial charge in [-0.2, -0.15) is 0 Å². The van der Waals surface area contributed by atoms with E-state index in [2.05, 4.69) is 135 Å². The molecular weight excluding hydrogens is 680 g/mol. The summed E-state index contributed by atoms with van der Waals surface area (Å²) in [6, 6.07) is 36.6. The van der Waals surface area contributed by atoms with E-state index in [0.717, 1.165) is 62.7 Å². The molecule has 204 valence electrons. The molecule has 9 aromatic rings. The molecule has 0 fully saturated rings. The molecule has 0 unspecified atom stereocenters. The topological polar surface area (TPSA) is 30.2 Å². The lowest BCUT2D eigenvalue weighted by molar-refractivity contribution is -0.109. The summed E-state index contributed by atoms with van der Waals surface area (Å²) in [6.07, 6.45) is 0. The Morgan fingerprint density at radius 3 is 1.79 bits per heavy atom. The maximum absolute atomic E-state index is 12.5. The zero-order valence-corrected chi connectivity index (χ0v) is 26.8. The number of carbonyl (C=O) groups excluding carboxylic acids is 1. The standard InChI is InChI=1S/C38H20Br2O2S/c1-19(41)43-32-18-31-38(36-27(32)17-29(40)26-14-11-21-7-3-5-9-24(21)35(26)36)37-30(42-31)15-12-22-16-28(39)25-13-10-20-6-2-4-8-23(20)34(25)33(22)37/h2-18H,1H3. The van der Waals surface area contributed by atoms with E-state index in [1.54, 1.807) is 6.92 Å². The van der Waals surface area contributed by atoms with Crippen LogP contribution in [0.3, 0.4) is 0 Å². The normalized spacial score (nSPS) is 12.3. The van der Waals surface area contributed by atoms with Crippen molar-refractivity contribution >= 4 is 135 Å². The molecule has 0 aliphatic rings. The first-order chi connectivity index (χ1) is 21.0. The Bertz CT molecular complexity index is 2710. The van der Waals surface area contributed by atoms with Crippen molar-refractivity contribution in [1.82, 2.24) is 0 Å². The summed E-state index contributed by atoms with van der Waals surface area (Å²) in [6.45, 7) is 1.62. The van der Waals surface area contributed by atoms with Gasteiger partial charge >= 0.3 is 0 Å². The SMILES string of the molecule is CC(=O)Sc1cc2oc3ccc4cc(Br)c5ccc6ccccc6c5c4c3c2c2c1cc(Br)c1ccc3ccccc3c12. The van der Waals surface area contributed by atoms with E-state index in [1.807, 2.05) is 0 Å². The third-order valence-electron chi connectivity index (χ3n) is 8.64. The number of hydrogen-bond donors (Lipinski definition) is 0. The summed E-state index contributed by atoms with van der Waals surface area (Å²) in [5.74, 6) is 0. The highest BCUT2D eigenvalue weighted by molar-refractivity contribution is 9.11. The van der Waals surface area contributed by atoms with Crippen LogP contribution >= 0.6 is 43.6 Å². The number of halogens is 2. The molecule has 0 aliphatic carbocycles. The van der Waals surface area contributed by atoms with Crippen molar-refractivity contribution in [2.75, 3.05) is 0 Å². The maximum atomic E-state index is 12.5. The van der Waals surface area contributed by atoms with Crippen LogP contribution in [0.5, 0.6) is 0 Å². The Balaban J connectivity index is 1.65. The van der Waals surface area contributed by atoms with Crippen molar-refractivity contribution in [1.29, 1.82) is 0 Å². The first kappa shape index (κ1) is 25.6. The summed E-state index contributed by atoms with van der Waals surface area (Å²) >= 11 is 9.04. The molecule has 0 spiro atoms. The van der Waals surface area contributed by atoms with E-state index in [4.69, 9.17) is 4.42 Å². The van der Waals surface area contributed by atoms with Gasteiger partial charge in [0.1, 0.15) is 11.2 Å². The van der Waals surface area contributed by atoms with E-state index in [-0.39, 0.29) is 5.12 Å². The van der Waals surface area contributed by atoms with Gasteiger partial charge in [0.25, 0.3) is 0 Å². The van der Waals surface area contributed by atoms with Gasteiger partial charge in [0, 0.05) is 42.3 Å². The van der Waals surface area contributed by atoms with E-state index in [0.29, 0.717) is 0 Å². The Hall–Kier alpha value is -3.90. The van der Waals surface area contributed by atoms with Gasteiger partial charge in [0.15, 0.2) is 5.12 Å². The molecule has 0 aliphatic heterocycles. The lowest BCUT2D eigenvalue weighted by Crippen LogP contribution is -1.89. The summed E-state index contributed by atoms with van der Waals surface area (Å²) in [4.78, 5) is 13.4. The lowest BCUT2D eigenvalue weighted by atomic mass is 9.90. The van der Waals surface area contributed by atoms with Crippen LogP contribution in [0.15, 0.2) is 121 Å². The molecule has 8 aromatic carbocycles. The Morgan fingerprint density at radius 1 is 0.535 bits per heavy atom. The number of furan rings is 1. The highest BCUT2D eigenvalue weighted by Gasteiger charge is 2.23. The van der Waals surface area contributed by atoms with Crippen molar-refractivity contribution in [2.45, 2.75) is 11.8 Å². The van der Waals surface area contributed by atoms with Crippen LogP contribution in [0, 0.1) is 0 Å². The lowest BCUT2D eigenvalue weighted by Gasteiger charge is -2.15.